The molecule has 2 rings (SSSR count). The molecule has 0 aliphatic heterocycles. The van der Waals surface area contributed by atoms with Gasteiger partial charge in [-0.25, -0.2) is 9.18 Å². The van der Waals surface area contributed by atoms with E-state index in [-0.39, 0.29) is 30.2 Å². The highest BCUT2D eigenvalue weighted by atomic mass is 35.5. The van der Waals surface area contributed by atoms with E-state index in [1.165, 1.54) is 6.07 Å². The van der Waals surface area contributed by atoms with Crippen molar-refractivity contribution in [3.63, 3.8) is 0 Å². The highest BCUT2D eigenvalue weighted by molar-refractivity contribution is 6.31. The van der Waals surface area contributed by atoms with Crippen LogP contribution in [0.15, 0.2) is 42.5 Å². The molecule has 0 bridgehead atoms. The van der Waals surface area contributed by atoms with Gasteiger partial charge >= 0.3 is 6.09 Å². The summed E-state index contributed by atoms with van der Waals surface area (Å²) < 4.78 is 18.7. The number of carbonyl (C=O) groups excluding carboxylic acids is 1. The van der Waals surface area contributed by atoms with Crippen molar-refractivity contribution in [1.82, 2.24) is 5.32 Å². The normalized spacial score (nSPS) is 13.1. The lowest BCUT2D eigenvalue weighted by molar-refractivity contribution is 0.0135. The number of aliphatic hydroxyl groups excluding tert-OH is 2. The number of hydrogen-bond acceptors (Lipinski definition) is 4. The first-order chi connectivity index (χ1) is 12.4. The molecule has 2 aromatic rings. The Morgan fingerprint density at radius 1 is 1.27 bits per heavy atom. The molecule has 26 heavy (non-hydrogen) atoms. The third-order valence-electron chi connectivity index (χ3n) is 3.88. The summed E-state index contributed by atoms with van der Waals surface area (Å²) in [7, 11) is 0. The van der Waals surface area contributed by atoms with Gasteiger partial charge in [0.2, 0.25) is 0 Å². The molecule has 1 amide bonds. The molecule has 0 aromatic heterocycles. The number of ether oxygens (including phenoxy) is 1. The number of carbonyl (C=O) groups is 1. The number of aryl methyl sites for hydroxylation is 1. The van der Waals surface area contributed by atoms with Crippen molar-refractivity contribution >= 4 is 17.7 Å². The Bertz CT molecular complexity index is 742. The van der Waals surface area contributed by atoms with Crippen LogP contribution in [-0.2, 0) is 11.3 Å². The number of halogens is 2. The molecular formula is C19H21ClFNO4. The van der Waals surface area contributed by atoms with E-state index in [2.05, 4.69) is 5.32 Å². The first-order valence-electron chi connectivity index (χ1n) is 8.14. The maximum Gasteiger partial charge on any atom is 0.407 e. The number of nitrogens with one attached hydrogen (secondary N) is 1. The summed E-state index contributed by atoms with van der Waals surface area (Å²) in [6.45, 7) is 1.77. The molecule has 0 spiro atoms. The van der Waals surface area contributed by atoms with Crippen molar-refractivity contribution in [2.45, 2.75) is 32.2 Å². The van der Waals surface area contributed by atoms with E-state index in [0.717, 1.165) is 11.6 Å². The van der Waals surface area contributed by atoms with Gasteiger partial charge in [-0.15, -0.1) is 0 Å². The topological polar surface area (TPSA) is 78.8 Å². The molecule has 0 saturated heterocycles. The van der Waals surface area contributed by atoms with Crippen LogP contribution in [0.2, 0.25) is 5.02 Å². The third kappa shape index (κ3) is 5.69. The minimum absolute atomic E-state index is 0.0490. The second kappa shape index (κ2) is 9.52. The molecule has 2 aromatic carbocycles. The first kappa shape index (κ1) is 20.2. The fourth-order valence-corrected chi connectivity index (χ4v) is 2.68. The zero-order valence-corrected chi connectivity index (χ0v) is 15.0. The van der Waals surface area contributed by atoms with E-state index >= 15 is 0 Å². The van der Waals surface area contributed by atoms with Gasteiger partial charge in [-0.3, -0.25) is 0 Å². The highest BCUT2D eigenvalue weighted by Crippen LogP contribution is 2.28. The molecular weight excluding hydrogens is 361 g/mol. The molecule has 0 aliphatic carbocycles. The van der Waals surface area contributed by atoms with Crippen LogP contribution in [0, 0.1) is 12.7 Å². The summed E-state index contributed by atoms with van der Waals surface area (Å²) >= 11 is 6.00. The Hall–Kier alpha value is -2.15. The number of amides is 1. The Balaban J connectivity index is 1.78. The van der Waals surface area contributed by atoms with E-state index in [9.17, 15) is 19.4 Å². The molecule has 0 saturated carbocycles. The van der Waals surface area contributed by atoms with E-state index in [1.807, 2.05) is 30.3 Å². The van der Waals surface area contributed by atoms with E-state index in [1.54, 1.807) is 6.92 Å². The van der Waals surface area contributed by atoms with Crippen molar-refractivity contribution in [3.05, 3.63) is 70.0 Å². The smallest absolute Gasteiger partial charge is 0.407 e. The highest BCUT2D eigenvalue weighted by Gasteiger charge is 2.22. The third-order valence-corrected chi connectivity index (χ3v) is 4.21. The fourth-order valence-electron chi connectivity index (χ4n) is 2.35. The van der Waals surface area contributed by atoms with Gasteiger partial charge in [-0.2, -0.15) is 0 Å². The summed E-state index contributed by atoms with van der Waals surface area (Å²) in [5.41, 5.74) is 1.31. The number of rotatable bonds is 7. The van der Waals surface area contributed by atoms with Crippen LogP contribution >= 0.6 is 11.6 Å². The van der Waals surface area contributed by atoms with Gasteiger partial charge in [0.25, 0.3) is 0 Å². The lowest BCUT2D eigenvalue weighted by Gasteiger charge is -2.20. The molecule has 0 radical (unpaired) electrons. The fraction of sp³-hybridized carbons (Fsp3) is 0.316. The Labute approximate surface area is 156 Å². The average Bonchev–Trinajstić information content (AvgIpc) is 2.63. The monoisotopic (exact) mass is 381 g/mol. The lowest BCUT2D eigenvalue weighted by atomic mass is 10.0. The standard InChI is InChI=1S/C19H21ClFNO4/c1-12-9-15(20)14(10-16(12)21)18(24)17(23)7-8-22-19(25)26-11-13-5-3-2-4-6-13/h2-6,9-10,17-18,23-24H,7-8,11H2,1H3,(H,22,25). The van der Waals surface area contributed by atoms with Gasteiger partial charge in [-0.1, -0.05) is 41.9 Å². The Morgan fingerprint density at radius 2 is 1.96 bits per heavy atom. The average molecular weight is 382 g/mol. The molecule has 2 atom stereocenters. The van der Waals surface area contributed by atoms with Crippen molar-refractivity contribution in [1.29, 1.82) is 0 Å². The lowest BCUT2D eigenvalue weighted by Crippen LogP contribution is -2.30. The molecule has 0 aliphatic rings. The summed E-state index contributed by atoms with van der Waals surface area (Å²) in [6, 6.07) is 11.7. The second-order valence-corrected chi connectivity index (χ2v) is 6.32. The maximum absolute atomic E-state index is 13.6. The molecule has 5 nitrogen and oxygen atoms in total. The zero-order chi connectivity index (χ0) is 19.1. The van der Waals surface area contributed by atoms with Gasteiger partial charge in [0, 0.05) is 17.1 Å². The van der Waals surface area contributed by atoms with Crippen molar-refractivity contribution in [2.75, 3.05) is 6.54 Å². The predicted molar refractivity (Wildman–Crippen MR) is 96.4 cm³/mol. The summed E-state index contributed by atoms with van der Waals surface area (Å²) in [4.78, 5) is 11.6. The zero-order valence-electron chi connectivity index (χ0n) is 14.3. The number of benzene rings is 2. The molecule has 0 fully saturated rings. The summed E-state index contributed by atoms with van der Waals surface area (Å²) in [6.07, 6.45) is -3.16. The van der Waals surface area contributed by atoms with E-state index in [4.69, 9.17) is 16.3 Å². The van der Waals surface area contributed by atoms with Crippen molar-refractivity contribution < 1.29 is 24.1 Å². The quantitative estimate of drug-likeness (QED) is 0.686. The van der Waals surface area contributed by atoms with Crippen LogP contribution in [0.3, 0.4) is 0 Å². The minimum atomic E-state index is -1.36. The number of hydrogen-bond donors (Lipinski definition) is 3. The predicted octanol–water partition coefficient (Wildman–Crippen LogP) is 3.50. The summed E-state index contributed by atoms with van der Waals surface area (Å²) in [5, 5.41) is 22.9. The van der Waals surface area contributed by atoms with Crippen molar-refractivity contribution in [3.8, 4) is 0 Å². The largest absolute Gasteiger partial charge is 0.445 e. The van der Waals surface area contributed by atoms with E-state index in [0.29, 0.717) is 5.56 Å². The molecule has 2 unspecified atom stereocenters. The van der Waals surface area contributed by atoms with Crippen LogP contribution < -0.4 is 5.32 Å². The van der Waals surface area contributed by atoms with Gasteiger partial charge in [0.15, 0.2) is 0 Å². The number of alkyl carbamates (subject to hydrolysis) is 1. The van der Waals surface area contributed by atoms with Crippen molar-refractivity contribution in [2.24, 2.45) is 0 Å². The van der Waals surface area contributed by atoms with Crippen LogP contribution in [0.5, 0.6) is 0 Å². The second-order valence-electron chi connectivity index (χ2n) is 5.91. The van der Waals surface area contributed by atoms with E-state index < -0.39 is 24.1 Å². The van der Waals surface area contributed by atoms with Crippen LogP contribution in [0.1, 0.15) is 29.2 Å². The van der Waals surface area contributed by atoms with Gasteiger partial charge in [0.1, 0.15) is 18.5 Å². The van der Waals surface area contributed by atoms with Gasteiger partial charge < -0.3 is 20.3 Å². The van der Waals surface area contributed by atoms with Crippen LogP contribution in [0.4, 0.5) is 9.18 Å². The summed E-state index contributed by atoms with van der Waals surface area (Å²) in [5.74, 6) is -0.515. The van der Waals surface area contributed by atoms with Crippen LogP contribution in [-0.4, -0.2) is 29.0 Å². The molecule has 3 N–H and O–H groups in total. The molecule has 0 heterocycles. The maximum atomic E-state index is 13.6. The Kier molecular flexibility index (Phi) is 7.38. The minimum Gasteiger partial charge on any atom is -0.445 e. The van der Waals surface area contributed by atoms with Crippen LogP contribution in [0.25, 0.3) is 0 Å². The Morgan fingerprint density at radius 3 is 2.65 bits per heavy atom. The van der Waals surface area contributed by atoms with Gasteiger partial charge in [0.05, 0.1) is 6.10 Å². The SMILES string of the molecule is Cc1cc(Cl)c(C(O)C(O)CCNC(=O)OCc2ccccc2)cc1F. The first-order valence-corrected chi connectivity index (χ1v) is 8.52. The number of aliphatic hydroxyl groups is 2. The van der Waals surface area contributed by atoms with Gasteiger partial charge in [-0.05, 0) is 36.6 Å². The molecule has 140 valence electrons. The molecule has 7 heteroatoms.